The van der Waals surface area contributed by atoms with Crippen LogP contribution in [0.15, 0.2) is 59.5 Å². The van der Waals surface area contributed by atoms with Crippen molar-refractivity contribution in [2.75, 3.05) is 59.0 Å². The molecule has 33 heavy (non-hydrogen) atoms. The molecular formula is C24H28ClN3O4S. The van der Waals surface area contributed by atoms with Crippen LogP contribution in [0.1, 0.15) is 15.9 Å². The zero-order chi connectivity index (χ0) is 23.3. The van der Waals surface area contributed by atoms with E-state index in [-0.39, 0.29) is 21.4 Å². The van der Waals surface area contributed by atoms with Crippen molar-refractivity contribution in [3.8, 4) is 0 Å². The van der Waals surface area contributed by atoms with Gasteiger partial charge < -0.3 is 9.64 Å². The van der Waals surface area contributed by atoms with Crippen LogP contribution in [0.2, 0.25) is 5.02 Å². The number of sulfonamides is 1. The summed E-state index contributed by atoms with van der Waals surface area (Å²) in [5.74, 6) is -0.237. The molecule has 2 aromatic rings. The molecule has 2 heterocycles. The molecule has 2 aliphatic rings. The van der Waals surface area contributed by atoms with Gasteiger partial charge in [-0.05, 0) is 23.8 Å². The third-order valence-electron chi connectivity index (χ3n) is 5.91. The van der Waals surface area contributed by atoms with Crippen LogP contribution in [0.25, 0.3) is 6.08 Å². The normalized spacial score (nSPS) is 18.6. The number of carbonyl (C=O) groups is 1. The maximum Gasteiger partial charge on any atom is 0.255 e. The first-order chi connectivity index (χ1) is 15.9. The minimum atomic E-state index is -3.70. The van der Waals surface area contributed by atoms with Crippen molar-refractivity contribution in [2.45, 2.75) is 4.90 Å². The Kier molecular flexibility index (Phi) is 7.82. The highest BCUT2D eigenvalue weighted by atomic mass is 35.5. The SMILES string of the molecule is O=C(c1cc(S(=O)(=O)N2CCOCC2)ccc1Cl)N1CCN(CC=Cc2ccccc2)CC1. The largest absolute Gasteiger partial charge is 0.379 e. The first-order valence-electron chi connectivity index (χ1n) is 11.1. The van der Waals surface area contributed by atoms with Crippen molar-refractivity contribution < 1.29 is 17.9 Å². The summed E-state index contributed by atoms with van der Waals surface area (Å²) in [7, 11) is -3.70. The van der Waals surface area contributed by atoms with Gasteiger partial charge in [-0.2, -0.15) is 4.31 Å². The molecule has 0 N–H and O–H groups in total. The lowest BCUT2D eigenvalue weighted by atomic mass is 10.1. The molecular weight excluding hydrogens is 462 g/mol. The zero-order valence-corrected chi connectivity index (χ0v) is 20.0. The lowest BCUT2D eigenvalue weighted by molar-refractivity contribution is 0.0650. The van der Waals surface area contributed by atoms with Gasteiger partial charge in [0, 0.05) is 45.8 Å². The minimum Gasteiger partial charge on any atom is -0.379 e. The second-order valence-corrected chi connectivity index (χ2v) is 10.4. The smallest absolute Gasteiger partial charge is 0.255 e. The van der Waals surface area contributed by atoms with E-state index in [1.54, 1.807) is 4.90 Å². The van der Waals surface area contributed by atoms with Crippen LogP contribution in [-0.2, 0) is 14.8 Å². The van der Waals surface area contributed by atoms with Gasteiger partial charge in [0.1, 0.15) is 0 Å². The number of halogens is 1. The van der Waals surface area contributed by atoms with Crippen molar-refractivity contribution in [1.82, 2.24) is 14.1 Å². The number of benzene rings is 2. The highest BCUT2D eigenvalue weighted by Gasteiger charge is 2.29. The first-order valence-corrected chi connectivity index (χ1v) is 12.9. The summed E-state index contributed by atoms with van der Waals surface area (Å²) in [5, 5.41) is 0.258. The first kappa shape index (κ1) is 23.9. The van der Waals surface area contributed by atoms with E-state index in [1.165, 1.54) is 22.5 Å². The van der Waals surface area contributed by atoms with Gasteiger partial charge in [-0.25, -0.2) is 8.42 Å². The Labute approximate surface area is 200 Å². The van der Waals surface area contributed by atoms with Crippen LogP contribution >= 0.6 is 11.6 Å². The van der Waals surface area contributed by atoms with Crippen LogP contribution in [0.4, 0.5) is 0 Å². The fraction of sp³-hybridized carbons (Fsp3) is 0.375. The lowest BCUT2D eigenvalue weighted by Gasteiger charge is -2.34. The number of ether oxygens (including phenoxy) is 1. The van der Waals surface area contributed by atoms with E-state index in [0.29, 0.717) is 39.4 Å². The third kappa shape index (κ3) is 5.83. The van der Waals surface area contributed by atoms with Gasteiger partial charge in [-0.15, -0.1) is 0 Å². The number of hydrogen-bond donors (Lipinski definition) is 0. The molecule has 176 valence electrons. The van der Waals surface area contributed by atoms with Crippen LogP contribution < -0.4 is 0 Å². The van der Waals surface area contributed by atoms with Gasteiger partial charge in [0.15, 0.2) is 0 Å². The van der Waals surface area contributed by atoms with Gasteiger partial charge in [0.05, 0.1) is 28.7 Å². The molecule has 4 rings (SSSR count). The standard InChI is InChI=1S/C24H28ClN3O4S/c25-23-9-8-21(33(30,31)28-15-17-32-18-16-28)19-22(23)24(29)27-13-11-26(12-14-27)10-4-7-20-5-2-1-3-6-20/h1-9,19H,10-18H2. The molecule has 0 bridgehead atoms. The minimum absolute atomic E-state index is 0.0850. The van der Waals surface area contributed by atoms with E-state index in [9.17, 15) is 13.2 Å². The third-order valence-corrected chi connectivity index (χ3v) is 8.13. The Morgan fingerprint density at radius 2 is 1.67 bits per heavy atom. The molecule has 9 heteroatoms. The number of morpholine rings is 1. The molecule has 2 aromatic carbocycles. The highest BCUT2D eigenvalue weighted by Crippen LogP contribution is 2.25. The molecule has 0 aromatic heterocycles. The van der Waals surface area contributed by atoms with E-state index < -0.39 is 10.0 Å². The number of piperazine rings is 1. The zero-order valence-electron chi connectivity index (χ0n) is 18.4. The number of rotatable bonds is 6. The van der Waals surface area contributed by atoms with E-state index in [2.05, 4.69) is 29.2 Å². The van der Waals surface area contributed by atoms with E-state index >= 15 is 0 Å². The van der Waals surface area contributed by atoms with E-state index in [1.807, 2.05) is 18.2 Å². The molecule has 0 unspecified atom stereocenters. The number of nitrogens with zero attached hydrogens (tertiary/aromatic N) is 3. The molecule has 0 saturated carbocycles. The predicted octanol–water partition coefficient (Wildman–Crippen LogP) is 2.83. The quantitative estimate of drug-likeness (QED) is 0.624. The molecule has 0 radical (unpaired) electrons. The predicted molar refractivity (Wildman–Crippen MR) is 129 cm³/mol. The molecule has 7 nitrogen and oxygen atoms in total. The molecule has 2 fully saturated rings. The summed E-state index contributed by atoms with van der Waals surface area (Å²) in [6, 6.07) is 14.5. The summed E-state index contributed by atoms with van der Waals surface area (Å²) < 4.78 is 32.6. The number of carbonyl (C=O) groups excluding carboxylic acids is 1. The second-order valence-electron chi connectivity index (χ2n) is 8.06. The molecule has 0 spiro atoms. The lowest BCUT2D eigenvalue weighted by Crippen LogP contribution is -2.48. The van der Waals surface area contributed by atoms with Gasteiger partial charge in [0.25, 0.3) is 5.91 Å². The summed E-state index contributed by atoms with van der Waals surface area (Å²) in [4.78, 5) is 17.3. The van der Waals surface area contributed by atoms with E-state index in [0.717, 1.165) is 25.2 Å². The van der Waals surface area contributed by atoms with Crippen molar-refractivity contribution in [3.05, 3.63) is 70.8 Å². The number of amides is 1. The van der Waals surface area contributed by atoms with Gasteiger partial charge in [0.2, 0.25) is 10.0 Å². The van der Waals surface area contributed by atoms with Gasteiger partial charge >= 0.3 is 0 Å². The Balaban J connectivity index is 1.38. The average Bonchev–Trinajstić information content (AvgIpc) is 2.85. The summed E-state index contributed by atoms with van der Waals surface area (Å²) in [5.41, 5.74) is 1.39. The molecule has 2 aliphatic heterocycles. The van der Waals surface area contributed by atoms with Gasteiger partial charge in [-0.3, -0.25) is 9.69 Å². The van der Waals surface area contributed by atoms with Crippen molar-refractivity contribution >= 4 is 33.6 Å². The average molecular weight is 490 g/mol. The summed E-state index contributed by atoms with van der Waals surface area (Å²) in [6.07, 6.45) is 4.22. The fourth-order valence-electron chi connectivity index (χ4n) is 3.97. The summed E-state index contributed by atoms with van der Waals surface area (Å²) >= 11 is 6.31. The highest BCUT2D eigenvalue weighted by molar-refractivity contribution is 7.89. The Hall–Kier alpha value is -2.23. The van der Waals surface area contributed by atoms with E-state index in [4.69, 9.17) is 16.3 Å². The van der Waals surface area contributed by atoms with Crippen molar-refractivity contribution in [3.63, 3.8) is 0 Å². The summed E-state index contributed by atoms with van der Waals surface area (Å²) in [6.45, 7) is 4.76. The van der Waals surface area contributed by atoms with Crippen molar-refractivity contribution in [1.29, 1.82) is 0 Å². The molecule has 0 aliphatic carbocycles. The van der Waals surface area contributed by atoms with Crippen LogP contribution in [0.3, 0.4) is 0 Å². The molecule has 0 atom stereocenters. The number of hydrogen-bond acceptors (Lipinski definition) is 5. The van der Waals surface area contributed by atoms with Crippen LogP contribution in [-0.4, -0.2) is 87.5 Å². The molecule has 1 amide bonds. The van der Waals surface area contributed by atoms with Crippen LogP contribution in [0, 0.1) is 0 Å². The topological polar surface area (TPSA) is 70.2 Å². The van der Waals surface area contributed by atoms with Crippen molar-refractivity contribution in [2.24, 2.45) is 0 Å². The Morgan fingerprint density at radius 3 is 2.36 bits per heavy atom. The maximum atomic E-state index is 13.2. The fourth-order valence-corrected chi connectivity index (χ4v) is 5.60. The molecule has 2 saturated heterocycles. The van der Waals surface area contributed by atoms with Gasteiger partial charge in [-0.1, -0.05) is 54.1 Å². The Bertz CT molecular complexity index is 1090. The maximum absolute atomic E-state index is 13.2. The Morgan fingerprint density at radius 1 is 0.970 bits per heavy atom. The second kappa shape index (κ2) is 10.8. The monoisotopic (exact) mass is 489 g/mol. The van der Waals surface area contributed by atoms with Crippen LogP contribution in [0.5, 0.6) is 0 Å².